The fourth-order valence-electron chi connectivity index (χ4n) is 3.38. The van der Waals surface area contributed by atoms with Gasteiger partial charge < -0.3 is 23.8 Å². The van der Waals surface area contributed by atoms with Gasteiger partial charge in [0.15, 0.2) is 12.4 Å². The molecule has 8 nitrogen and oxygen atoms in total. The maximum Gasteiger partial charge on any atom is 0.317 e. The fraction of sp³-hybridized carbons (Fsp3) is 0.571. The number of thioether (sulfide) groups is 1. The van der Waals surface area contributed by atoms with Crippen LogP contribution in [0, 0.1) is 0 Å². The maximum absolute atomic E-state index is 14.9. The Morgan fingerprint density at radius 2 is 2.36 bits per heavy atom. The third-order valence-electron chi connectivity index (χ3n) is 4.44. The van der Waals surface area contributed by atoms with Gasteiger partial charge in [0.1, 0.15) is 29.2 Å². The van der Waals surface area contributed by atoms with Gasteiger partial charge in [-0.2, -0.15) is 0 Å². The Kier molecular flexibility index (Phi) is 4.83. The van der Waals surface area contributed by atoms with Gasteiger partial charge in [-0.05, 0) is 24.2 Å². The highest BCUT2D eigenvalue weighted by Crippen LogP contribution is 2.41. The number of aliphatic hydroxyl groups excluding tert-OH is 1. The Labute approximate surface area is 147 Å². The Bertz CT molecular complexity index is 821. The number of hydrogen-bond acceptors (Lipinski definition) is 7. The van der Waals surface area contributed by atoms with E-state index in [-0.39, 0.29) is 0 Å². The van der Waals surface area contributed by atoms with Crippen LogP contribution in [0.4, 0.5) is 4.39 Å². The summed E-state index contributed by atoms with van der Waals surface area (Å²) in [5, 5.41) is 11.2. The van der Waals surface area contributed by atoms with Crippen molar-refractivity contribution in [2.24, 2.45) is 0 Å². The van der Waals surface area contributed by atoms with Crippen LogP contribution in [0.15, 0.2) is 17.6 Å². The van der Waals surface area contributed by atoms with E-state index in [0.717, 1.165) is 34.6 Å². The van der Waals surface area contributed by atoms with Gasteiger partial charge in [-0.15, -0.1) is 11.8 Å². The normalized spacial score (nSPS) is 30.5. The van der Waals surface area contributed by atoms with Crippen molar-refractivity contribution >= 4 is 31.1 Å². The summed E-state index contributed by atoms with van der Waals surface area (Å²) in [6.07, 6.45) is -0.104. The number of aryl methyl sites for hydroxylation is 1. The minimum Gasteiger partial charge on any atom is -0.394 e. The first-order valence-electron chi connectivity index (χ1n) is 7.87. The summed E-state index contributed by atoms with van der Waals surface area (Å²) in [7, 11) is -3.36. The minimum atomic E-state index is -3.36. The second kappa shape index (κ2) is 6.94. The standard InChI is InChI=1S/C14H17FN3O5PS/c15-10-11(23-24(20)21)8(5-19)22-14(10)18-4-7-2-1-3-25-13-9(7)12(18)16-6-17-13/h4,6,8,10-11,14,19,24H,1-3,5H2,(H,20,21)/t8-,10-,11-,14-/m1/s1. The zero-order valence-electron chi connectivity index (χ0n) is 13.0. The Balaban J connectivity index is 1.76. The number of halogens is 1. The molecule has 136 valence electrons. The largest absolute Gasteiger partial charge is 0.394 e. The zero-order chi connectivity index (χ0) is 17.6. The maximum atomic E-state index is 14.9. The van der Waals surface area contributed by atoms with Crippen LogP contribution in [0.2, 0.25) is 0 Å². The third-order valence-corrected chi connectivity index (χ3v) is 5.99. The Hall–Kier alpha value is -1.03. The SMILES string of the molecule is O=[PH](O)O[C@H]1[C@@H](F)[C@H](n2cc3c4c(ncnc42)SCCC3)O[C@@H]1CO. The van der Waals surface area contributed by atoms with E-state index in [0.29, 0.717) is 5.65 Å². The van der Waals surface area contributed by atoms with Gasteiger partial charge in [-0.25, -0.2) is 14.4 Å². The predicted molar refractivity (Wildman–Crippen MR) is 88.6 cm³/mol. The summed E-state index contributed by atoms with van der Waals surface area (Å²) in [6.45, 7) is -0.515. The van der Waals surface area contributed by atoms with Crippen molar-refractivity contribution in [3.05, 3.63) is 18.1 Å². The number of aromatic nitrogens is 3. The highest BCUT2D eigenvalue weighted by molar-refractivity contribution is 7.99. The molecule has 2 aliphatic rings. The van der Waals surface area contributed by atoms with E-state index in [1.165, 1.54) is 6.33 Å². The van der Waals surface area contributed by atoms with Crippen LogP contribution in [-0.4, -0.2) is 55.3 Å². The molecule has 2 N–H and O–H groups in total. The number of ether oxygens (including phenoxy) is 1. The molecule has 25 heavy (non-hydrogen) atoms. The highest BCUT2D eigenvalue weighted by Gasteiger charge is 2.48. The smallest absolute Gasteiger partial charge is 0.317 e. The molecule has 0 aliphatic carbocycles. The number of rotatable bonds is 4. The summed E-state index contributed by atoms with van der Waals surface area (Å²) in [4.78, 5) is 17.6. The van der Waals surface area contributed by atoms with Crippen LogP contribution in [0.5, 0.6) is 0 Å². The molecule has 0 radical (unpaired) electrons. The molecular formula is C14H17FN3O5PS. The van der Waals surface area contributed by atoms with Gasteiger partial charge in [-0.3, -0.25) is 4.57 Å². The molecular weight excluding hydrogens is 372 g/mol. The van der Waals surface area contributed by atoms with Gasteiger partial charge in [0, 0.05) is 6.20 Å². The monoisotopic (exact) mass is 389 g/mol. The van der Waals surface area contributed by atoms with Crippen LogP contribution < -0.4 is 0 Å². The van der Waals surface area contributed by atoms with E-state index in [1.807, 2.05) is 0 Å². The quantitative estimate of drug-likeness (QED) is 0.598. The molecule has 2 aromatic heterocycles. The molecule has 0 saturated carbocycles. The molecule has 2 aromatic rings. The molecule has 1 fully saturated rings. The molecule has 0 amide bonds. The van der Waals surface area contributed by atoms with Crippen molar-refractivity contribution in [1.29, 1.82) is 0 Å². The zero-order valence-corrected chi connectivity index (χ0v) is 14.9. The summed E-state index contributed by atoms with van der Waals surface area (Å²) < 4.78 is 37.8. The number of aliphatic hydroxyl groups is 1. The molecule has 1 saturated heterocycles. The van der Waals surface area contributed by atoms with Crippen LogP contribution in [0.1, 0.15) is 18.2 Å². The van der Waals surface area contributed by atoms with Crippen molar-refractivity contribution in [2.75, 3.05) is 12.4 Å². The average Bonchev–Trinajstić information content (AvgIpc) is 3.01. The van der Waals surface area contributed by atoms with Crippen molar-refractivity contribution in [1.82, 2.24) is 14.5 Å². The minimum absolute atomic E-state index is 0.515. The molecule has 11 heteroatoms. The topological polar surface area (TPSA) is 107 Å². The van der Waals surface area contributed by atoms with Gasteiger partial charge in [0.25, 0.3) is 0 Å². The molecule has 0 aromatic carbocycles. The second-order valence-electron chi connectivity index (χ2n) is 5.93. The van der Waals surface area contributed by atoms with E-state index in [1.54, 1.807) is 22.5 Å². The lowest BCUT2D eigenvalue weighted by Crippen LogP contribution is -2.32. The van der Waals surface area contributed by atoms with Gasteiger partial charge in [0.05, 0.1) is 12.0 Å². The number of hydrogen-bond donors (Lipinski definition) is 2. The van der Waals surface area contributed by atoms with Crippen LogP contribution >= 0.6 is 20.0 Å². The van der Waals surface area contributed by atoms with E-state index in [2.05, 4.69) is 9.97 Å². The fourth-order valence-corrected chi connectivity index (χ4v) is 4.86. The molecule has 1 unspecified atom stereocenters. The van der Waals surface area contributed by atoms with Gasteiger partial charge in [-0.1, -0.05) is 0 Å². The summed E-state index contributed by atoms with van der Waals surface area (Å²) >= 11 is 1.64. The van der Waals surface area contributed by atoms with Crippen molar-refractivity contribution in [2.45, 2.75) is 42.5 Å². The van der Waals surface area contributed by atoms with E-state index >= 15 is 0 Å². The first kappa shape index (κ1) is 17.4. The highest BCUT2D eigenvalue weighted by atomic mass is 32.2. The second-order valence-corrected chi connectivity index (χ2v) is 7.78. The molecule has 0 bridgehead atoms. The van der Waals surface area contributed by atoms with Gasteiger partial charge in [0.2, 0.25) is 0 Å². The number of alkyl halides is 1. The van der Waals surface area contributed by atoms with Crippen LogP contribution in [0.25, 0.3) is 11.0 Å². The van der Waals surface area contributed by atoms with Gasteiger partial charge >= 0.3 is 8.25 Å². The molecule has 4 heterocycles. The number of nitrogens with zero attached hydrogens (tertiary/aromatic N) is 3. The van der Waals surface area contributed by atoms with Crippen LogP contribution in [0.3, 0.4) is 0 Å². The molecule has 4 rings (SSSR count). The van der Waals surface area contributed by atoms with E-state index in [9.17, 15) is 14.1 Å². The average molecular weight is 389 g/mol. The third kappa shape index (κ3) is 3.01. The van der Waals surface area contributed by atoms with Crippen molar-refractivity contribution < 1.29 is 28.2 Å². The summed E-state index contributed by atoms with van der Waals surface area (Å²) in [5.41, 5.74) is 1.57. The molecule has 2 aliphatic heterocycles. The van der Waals surface area contributed by atoms with Crippen molar-refractivity contribution in [3.63, 3.8) is 0 Å². The summed E-state index contributed by atoms with van der Waals surface area (Å²) in [5.74, 6) is 0.958. The first-order valence-corrected chi connectivity index (χ1v) is 10.1. The van der Waals surface area contributed by atoms with E-state index in [4.69, 9.17) is 14.2 Å². The van der Waals surface area contributed by atoms with E-state index < -0.39 is 39.5 Å². The lowest BCUT2D eigenvalue weighted by molar-refractivity contribution is -0.0434. The van der Waals surface area contributed by atoms with Crippen molar-refractivity contribution in [3.8, 4) is 0 Å². The Morgan fingerprint density at radius 3 is 3.12 bits per heavy atom. The molecule has 0 spiro atoms. The Morgan fingerprint density at radius 1 is 1.52 bits per heavy atom. The predicted octanol–water partition coefficient (Wildman–Crippen LogP) is 1.46. The first-order chi connectivity index (χ1) is 12.1. The lowest BCUT2D eigenvalue weighted by Gasteiger charge is -2.17. The molecule has 5 atom stereocenters. The summed E-state index contributed by atoms with van der Waals surface area (Å²) in [6, 6.07) is 0. The van der Waals surface area contributed by atoms with Crippen LogP contribution in [-0.2, 0) is 20.2 Å². The lowest BCUT2D eigenvalue weighted by atomic mass is 10.1.